The molecule has 1 aromatic heterocycles. The molecule has 3 aromatic rings. The lowest BCUT2D eigenvalue weighted by molar-refractivity contribution is 0.751. The van der Waals surface area contributed by atoms with Gasteiger partial charge in [-0.3, -0.25) is 4.98 Å². The molecule has 3 nitrogen and oxygen atoms in total. The first kappa shape index (κ1) is 17.6. The van der Waals surface area contributed by atoms with E-state index in [-0.39, 0.29) is 6.17 Å². The topological polar surface area (TPSA) is 19.4 Å². The third-order valence-electron chi connectivity index (χ3n) is 5.56. The molecule has 2 heterocycles. The van der Waals surface area contributed by atoms with Crippen LogP contribution in [0.25, 0.3) is 0 Å². The minimum Gasteiger partial charge on any atom is -0.318 e. The van der Waals surface area contributed by atoms with E-state index in [4.69, 9.17) is 4.98 Å². The third-order valence-corrected chi connectivity index (χ3v) is 5.56. The van der Waals surface area contributed by atoms with Crippen molar-refractivity contribution in [2.75, 3.05) is 9.80 Å². The Morgan fingerprint density at radius 2 is 1.26 bits per heavy atom. The first-order valence-corrected chi connectivity index (χ1v) is 9.58. The molecule has 0 radical (unpaired) electrons. The predicted octanol–water partition coefficient (Wildman–Crippen LogP) is 6.26. The van der Waals surface area contributed by atoms with Gasteiger partial charge < -0.3 is 9.80 Å². The molecule has 0 amide bonds. The summed E-state index contributed by atoms with van der Waals surface area (Å²) in [5, 5.41) is 0. The lowest BCUT2D eigenvalue weighted by Crippen LogP contribution is -2.36. The first-order chi connectivity index (χ1) is 12.9. The van der Waals surface area contributed by atoms with Crippen LogP contribution in [0.15, 0.2) is 48.5 Å². The van der Waals surface area contributed by atoms with Crippen LogP contribution in [0, 0.1) is 34.6 Å². The quantitative estimate of drug-likeness (QED) is 0.539. The van der Waals surface area contributed by atoms with Crippen molar-refractivity contribution in [3.8, 4) is 0 Å². The summed E-state index contributed by atoms with van der Waals surface area (Å²) in [6.45, 7) is 13.0. The van der Waals surface area contributed by atoms with Crippen LogP contribution in [0.4, 0.5) is 22.7 Å². The molecule has 0 fully saturated rings. The molecule has 0 bridgehead atoms. The molecule has 0 saturated carbocycles. The van der Waals surface area contributed by atoms with Crippen LogP contribution in [-0.4, -0.2) is 11.1 Å². The van der Waals surface area contributed by atoms with E-state index in [0.29, 0.717) is 0 Å². The van der Waals surface area contributed by atoms with Gasteiger partial charge in [-0.25, -0.2) is 0 Å². The van der Waals surface area contributed by atoms with Gasteiger partial charge in [0.15, 0.2) is 0 Å². The summed E-state index contributed by atoms with van der Waals surface area (Å²) < 4.78 is 0. The highest BCUT2D eigenvalue weighted by molar-refractivity contribution is 5.90. The Hall–Kier alpha value is -2.81. The molecule has 1 atom stereocenters. The highest BCUT2D eigenvalue weighted by Gasteiger charge is 2.37. The number of aryl methyl sites for hydroxylation is 5. The number of benzene rings is 2. The van der Waals surface area contributed by atoms with Crippen LogP contribution in [0.3, 0.4) is 0 Å². The lowest BCUT2D eigenvalue weighted by Gasteiger charge is -2.33. The van der Waals surface area contributed by atoms with Gasteiger partial charge in [-0.1, -0.05) is 30.3 Å². The molecule has 138 valence electrons. The maximum absolute atomic E-state index is 4.76. The van der Waals surface area contributed by atoms with Crippen LogP contribution in [0.5, 0.6) is 0 Å². The molecule has 0 unspecified atom stereocenters. The van der Waals surface area contributed by atoms with Gasteiger partial charge >= 0.3 is 0 Å². The fraction of sp³-hybridized carbons (Fsp3) is 0.292. The zero-order valence-electron chi connectivity index (χ0n) is 17.0. The summed E-state index contributed by atoms with van der Waals surface area (Å²) >= 11 is 0. The summed E-state index contributed by atoms with van der Waals surface area (Å²) in [6.07, 6.45) is 0.170. The molecule has 27 heavy (non-hydrogen) atoms. The van der Waals surface area contributed by atoms with Crippen molar-refractivity contribution >= 4 is 22.7 Å². The van der Waals surface area contributed by atoms with Crippen molar-refractivity contribution in [2.45, 2.75) is 47.7 Å². The van der Waals surface area contributed by atoms with Crippen molar-refractivity contribution in [1.82, 2.24) is 4.98 Å². The molecule has 2 aromatic carbocycles. The van der Waals surface area contributed by atoms with E-state index in [0.717, 1.165) is 11.4 Å². The number of nitrogens with zero attached hydrogens (tertiary/aromatic N) is 3. The molecule has 0 N–H and O–H groups in total. The Labute approximate surface area is 162 Å². The third kappa shape index (κ3) is 2.69. The molecular weight excluding hydrogens is 330 g/mol. The van der Waals surface area contributed by atoms with Gasteiger partial charge in [0.1, 0.15) is 6.17 Å². The van der Waals surface area contributed by atoms with Crippen molar-refractivity contribution in [2.24, 2.45) is 0 Å². The van der Waals surface area contributed by atoms with E-state index >= 15 is 0 Å². The molecule has 0 spiro atoms. The number of hydrogen-bond acceptors (Lipinski definition) is 3. The van der Waals surface area contributed by atoms with Crippen LogP contribution in [-0.2, 0) is 0 Å². The van der Waals surface area contributed by atoms with Gasteiger partial charge in [-0.15, -0.1) is 0 Å². The zero-order valence-corrected chi connectivity index (χ0v) is 17.0. The van der Waals surface area contributed by atoms with E-state index in [1.165, 1.54) is 39.4 Å². The maximum Gasteiger partial charge on any atom is 0.108 e. The number of hydrogen-bond donors (Lipinski definition) is 0. The average Bonchev–Trinajstić information content (AvgIpc) is 2.87. The van der Waals surface area contributed by atoms with E-state index < -0.39 is 0 Å². The number of anilines is 4. The molecule has 0 saturated heterocycles. The largest absolute Gasteiger partial charge is 0.318 e. The smallest absolute Gasteiger partial charge is 0.108 e. The van der Waals surface area contributed by atoms with Gasteiger partial charge in [0, 0.05) is 11.4 Å². The Morgan fingerprint density at radius 1 is 0.704 bits per heavy atom. The Bertz CT molecular complexity index is 979. The van der Waals surface area contributed by atoms with Crippen molar-refractivity contribution in [3.63, 3.8) is 0 Å². The van der Waals surface area contributed by atoms with Gasteiger partial charge in [0.2, 0.25) is 0 Å². The summed E-state index contributed by atoms with van der Waals surface area (Å²) in [6, 6.07) is 17.4. The van der Waals surface area contributed by atoms with E-state index in [1.807, 2.05) is 0 Å². The molecule has 1 aliphatic rings. The minimum atomic E-state index is 0.170. The highest BCUT2D eigenvalue weighted by atomic mass is 15.4. The SMILES string of the molecule is Cc1cc(C)c(N2c3ccccc3N(c3c(C)cccc3C)[C@H]2C)c(C)n1. The van der Waals surface area contributed by atoms with E-state index in [9.17, 15) is 0 Å². The van der Waals surface area contributed by atoms with Crippen molar-refractivity contribution in [1.29, 1.82) is 0 Å². The molecule has 3 heteroatoms. The van der Waals surface area contributed by atoms with Crippen LogP contribution in [0.2, 0.25) is 0 Å². The van der Waals surface area contributed by atoms with Crippen LogP contribution in [0.1, 0.15) is 35.0 Å². The monoisotopic (exact) mass is 357 g/mol. The highest BCUT2D eigenvalue weighted by Crippen LogP contribution is 2.50. The summed E-state index contributed by atoms with van der Waals surface area (Å²) in [5.74, 6) is 0. The number of para-hydroxylation sites is 3. The second-order valence-electron chi connectivity index (χ2n) is 7.62. The maximum atomic E-state index is 4.76. The van der Waals surface area contributed by atoms with E-state index in [1.54, 1.807) is 0 Å². The summed E-state index contributed by atoms with van der Waals surface area (Å²) in [5.41, 5.74) is 11.0. The summed E-state index contributed by atoms with van der Waals surface area (Å²) in [4.78, 5) is 9.67. The minimum absolute atomic E-state index is 0.170. The van der Waals surface area contributed by atoms with E-state index in [2.05, 4.69) is 99.9 Å². The lowest BCUT2D eigenvalue weighted by atomic mass is 10.1. The number of rotatable bonds is 2. The second kappa shape index (κ2) is 6.41. The Balaban J connectivity index is 1.95. The first-order valence-electron chi connectivity index (χ1n) is 9.58. The molecule has 0 aliphatic carbocycles. The van der Waals surface area contributed by atoms with Gasteiger partial charge in [-0.05, 0) is 76.4 Å². The average molecular weight is 358 g/mol. The zero-order chi connectivity index (χ0) is 19.3. The standard InChI is InChI=1S/C24H27N3/c1-15-10-9-11-16(2)23(15)26-20(6)27(22-13-8-7-12-21(22)26)24-17(3)14-18(4)25-19(24)5/h7-14,20H,1-6H3/t20-/m1/s1. The van der Waals surface area contributed by atoms with Crippen molar-refractivity contribution < 1.29 is 0 Å². The fourth-order valence-electron chi connectivity index (χ4n) is 4.57. The number of aromatic nitrogens is 1. The molecule has 1 aliphatic heterocycles. The predicted molar refractivity (Wildman–Crippen MR) is 115 cm³/mol. The summed E-state index contributed by atoms with van der Waals surface area (Å²) in [7, 11) is 0. The van der Waals surface area contributed by atoms with Gasteiger partial charge in [0.25, 0.3) is 0 Å². The Kier molecular flexibility index (Phi) is 4.18. The second-order valence-corrected chi connectivity index (χ2v) is 7.62. The number of fused-ring (bicyclic) bond motifs is 1. The van der Waals surface area contributed by atoms with Gasteiger partial charge in [-0.2, -0.15) is 0 Å². The Morgan fingerprint density at radius 3 is 1.81 bits per heavy atom. The molecule has 4 rings (SSSR count). The normalized spacial score (nSPS) is 16.0. The number of pyridine rings is 1. The molecular formula is C24H27N3. The fourth-order valence-corrected chi connectivity index (χ4v) is 4.57. The van der Waals surface area contributed by atoms with Gasteiger partial charge in [0.05, 0.1) is 22.8 Å². The van der Waals surface area contributed by atoms with Crippen LogP contribution >= 0.6 is 0 Å². The van der Waals surface area contributed by atoms with Crippen molar-refractivity contribution in [3.05, 3.63) is 76.6 Å². The van der Waals surface area contributed by atoms with Crippen LogP contribution < -0.4 is 9.80 Å².